The van der Waals surface area contributed by atoms with Gasteiger partial charge in [-0.3, -0.25) is 14.5 Å². The Kier molecular flexibility index (Phi) is 4.75. The van der Waals surface area contributed by atoms with Gasteiger partial charge in [-0.25, -0.2) is 0 Å². The molecule has 4 nitrogen and oxygen atoms in total. The first-order chi connectivity index (χ1) is 15.0. The highest BCUT2D eigenvalue weighted by Crippen LogP contribution is 2.43. The van der Waals surface area contributed by atoms with Crippen LogP contribution in [0.5, 0.6) is 0 Å². The lowest BCUT2D eigenvalue weighted by Gasteiger charge is -2.47. The van der Waals surface area contributed by atoms with Crippen LogP contribution in [0.4, 0.5) is 5.69 Å². The maximum absolute atomic E-state index is 13.9. The van der Waals surface area contributed by atoms with Crippen LogP contribution in [0.15, 0.2) is 78.9 Å². The molecule has 3 aromatic rings. The van der Waals surface area contributed by atoms with Crippen LogP contribution in [0, 0.1) is 6.92 Å². The fraction of sp³-hybridized carbons (Fsp3) is 0.259. The van der Waals surface area contributed by atoms with Gasteiger partial charge < -0.3 is 4.90 Å². The zero-order chi connectivity index (χ0) is 21.6. The Labute approximate surface area is 183 Å². The van der Waals surface area contributed by atoms with E-state index in [0.29, 0.717) is 24.2 Å². The maximum atomic E-state index is 13.9. The number of ketones is 2. The Bertz CT molecular complexity index is 1120. The lowest BCUT2D eigenvalue weighted by atomic mass is 9.82. The molecule has 1 aliphatic carbocycles. The average Bonchev–Trinajstić information content (AvgIpc) is 3.02. The van der Waals surface area contributed by atoms with E-state index in [1.807, 2.05) is 42.5 Å². The quantitative estimate of drug-likeness (QED) is 0.597. The normalized spacial score (nSPS) is 20.7. The highest BCUT2D eigenvalue weighted by Gasteiger charge is 2.58. The van der Waals surface area contributed by atoms with Crippen LogP contribution in [0.1, 0.15) is 38.8 Å². The van der Waals surface area contributed by atoms with Gasteiger partial charge in [-0.2, -0.15) is 0 Å². The number of benzene rings is 3. The molecule has 4 heteroatoms. The summed E-state index contributed by atoms with van der Waals surface area (Å²) in [5, 5.41) is 0. The van der Waals surface area contributed by atoms with E-state index in [-0.39, 0.29) is 17.6 Å². The highest BCUT2D eigenvalue weighted by molar-refractivity contribution is 6.32. The third kappa shape index (κ3) is 2.94. The van der Waals surface area contributed by atoms with Crippen molar-refractivity contribution in [3.8, 4) is 0 Å². The second-order valence-electron chi connectivity index (χ2n) is 8.61. The summed E-state index contributed by atoms with van der Waals surface area (Å²) in [6, 6.07) is 25.5. The number of carbonyl (C=O) groups excluding carboxylic acids is 2. The van der Waals surface area contributed by atoms with Gasteiger partial charge in [0.1, 0.15) is 0 Å². The smallest absolute Gasteiger partial charge is 0.196 e. The van der Waals surface area contributed by atoms with Gasteiger partial charge in [0.15, 0.2) is 17.1 Å². The molecule has 0 radical (unpaired) electrons. The number of hydrogen-bond donors (Lipinski definition) is 0. The van der Waals surface area contributed by atoms with E-state index in [4.69, 9.17) is 0 Å². The molecule has 5 rings (SSSR count). The Balaban J connectivity index is 1.56. The molecule has 1 atom stereocenters. The molecular weight excluding hydrogens is 384 g/mol. The average molecular weight is 411 g/mol. The first-order valence-electron chi connectivity index (χ1n) is 10.9. The molecular formula is C27H26N2O2. The molecule has 1 heterocycles. The third-order valence-corrected chi connectivity index (χ3v) is 6.70. The summed E-state index contributed by atoms with van der Waals surface area (Å²) in [5.74, 6) is -0.203. The van der Waals surface area contributed by atoms with Crippen LogP contribution in [-0.4, -0.2) is 42.1 Å². The molecule has 0 N–H and O–H groups in total. The zero-order valence-electron chi connectivity index (χ0n) is 17.9. The summed E-state index contributed by atoms with van der Waals surface area (Å²) in [6.45, 7) is 6.30. The van der Waals surface area contributed by atoms with Crippen LogP contribution in [-0.2, 0) is 5.54 Å². The van der Waals surface area contributed by atoms with Gasteiger partial charge in [0, 0.05) is 42.5 Å². The number of aryl methyl sites for hydroxylation is 1. The number of Topliss-reactive ketones (excluding diaryl/α,β-unsaturated/α-hetero) is 2. The van der Waals surface area contributed by atoms with E-state index in [9.17, 15) is 9.59 Å². The Morgan fingerprint density at radius 2 is 1.45 bits per heavy atom. The van der Waals surface area contributed by atoms with Crippen molar-refractivity contribution in [2.45, 2.75) is 25.4 Å². The van der Waals surface area contributed by atoms with Crippen LogP contribution < -0.4 is 4.90 Å². The molecule has 156 valence electrons. The highest BCUT2D eigenvalue weighted by atomic mass is 16.2. The van der Waals surface area contributed by atoms with Crippen LogP contribution >= 0.6 is 0 Å². The molecule has 31 heavy (non-hydrogen) atoms. The number of hydrogen-bond acceptors (Lipinski definition) is 4. The first-order valence-corrected chi connectivity index (χ1v) is 10.9. The Hall–Kier alpha value is -3.24. The van der Waals surface area contributed by atoms with Crippen molar-refractivity contribution < 1.29 is 9.59 Å². The molecule has 3 aromatic carbocycles. The molecule has 2 aliphatic rings. The van der Waals surface area contributed by atoms with Gasteiger partial charge in [-0.15, -0.1) is 0 Å². The molecule has 0 unspecified atom stereocenters. The van der Waals surface area contributed by atoms with Crippen molar-refractivity contribution in [2.75, 3.05) is 24.5 Å². The third-order valence-electron chi connectivity index (χ3n) is 6.70. The molecule has 0 spiro atoms. The SMILES string of the molecule is Cc1cccc(N2CCN(C3(c4ccccc4)C(=O)c4ccccc4C3=O)C[C@H]2C)c1. The number of rotatable bonds is 3. The molecule has 1 aliphatic heterocycles. The van der Waals surface area contributed by atoms with Gasteiger partial charge in [-0.05, 0) is 37.1 Å². The van der Waals surface area contributed by atoms with Crippen LogP contribution in [0.2, 0.25) is 0 Å². The van der Waals surface area contributed by atoms with Crippen LogP contribution in [0.3, 0.4) is 0 Å². The molecule has 0 bridgehead atoms. The lowest BCUT2D eigenvalue weighted by molar-refractivity contribution is 0.0428. The largest absolute Gasteiger partial charge is 0.366 e. The second kappa shape index (κ2) is 7.47. The molecule has 0 aromatic heterocycles. The van der Waals surface area contributed by atoms with Crippen molar-refractivity contribution in [3.63, 3.8) is 0 Å². The first kappa shape index (κ1) is 19.7. The van der Waals surface area contributed by atoms with E-state index in [2.05, 4.69) is 47.9 Å². The van der Waals surface area contributed by atoms with Crippen molar-refractivity contribution in [3.05, 3.63) is 101 Å². The van der Waals surface area contributed by atoms with E-state index >= 15 is 0 Å². The predicted octanol–water partition coefficient (Wildman–Crippen LogP) is 4.48. The summed E-state index contributed by atoms with van der Waals surface area (Å²) < 4.78 is 0. The summed E-state index contributed by atoms with van der Waals surface area (Å²) in [6.07, 6.45) is 0. The minimum absolute atomic E-state index is 0.101. The monoisotopic (exact) mass is 410 g/mol. The Morgan fingerprint density at radius 1 is 0.806 bits per heavy atom. The molecule has 1 saturated heterocycles. The van der Waals surface area contributed by atoms with Crippen molar-refractivity contribution >= 4 is 17.3 Å². The topological polar surface area (TPSA) is 40.6 Å². The molecule has 0 saturated carbocycles. The number of piperazine rings is 1. The lowest BCUT2D eigenvalue weighted by Crippen LogP contribution is -2.63. The fourth-order valence-electron chi connectivity index (χ4n) is 5.24. The van der Waals surface area contributed by atoms with Crippen molar-refractivity contribution in [1.29, 1.82) is 0 Å². The summed E-state index contributed by atoms with van der Waals surface area (Å²) >= 11 is 0. The number of anilines is 1. The fourth-order valence-corrected chi connectivity index (χ4v) is 5.24. The van der Waals surface area contributed by atoms with Gasteiger partial charge in [0.05, 0.1) is 0 Å². The van der Waals surface area contributed by atoms with Crippen LogP contribution in [0.25, 0.3) is 0 Å². The second-order valence-corrected chi connectivity index (χ2v) is 8.61. The van der Waals surface area contributed by atoms with E-state index < -0.39 is 5.54 Å². The summed E-state index contributed by atoms with van der Waals surface area (Å²) in [4.78, 5) is 32.2. The van der Waals surface area contributed by atoms with E-state index in [1.54, 1.807) is 12.1 Å². The molecule has 1 fully saturated rings. The summed E-state index contributed by atoms with van der Waals surface area (Å²) in [5.41, 5.74) is 2.96. The summed E-state index contributed by atoms with van der Waals surface area (Å²) in [7, 11) is 0. The van der Waals surface area contributed by atoms with Gasteiger partial charge in [0.25, 0.3) is 0 Å². The van der Waals surface area contributed by atoms with Crippen molar-refractivity contribution in [2.24, 2.45) is 0 Å². The van der Waals surface area contributed by atoms with Gasteiger partial charge in [-0.1, -0.05) is 66.7 Å². The van der Waals surface area contributed by atoms with E-state index in [0.717, 1.165) is 12.1 Å². The number of fused-ring (bicyclic) bond motifs is 1. The predicted molar refractivity (Wildman–Crippen MR) is 123 cm³/mol. The number of carbonyl (C=O) groups is 2. The minimum atomic E-state index is -1.28. The van der Waals surface area contributed by atoms with E-state index in [1.165, 1.54) is 11.3 Å². The van der Waals surface area contributed by atoms with Crippen molar-refractivity contribution in [1.82, 2.24) is 4.90 Å². The maximum Gasteiger partial charge on any atom is 0.196 e. The standard InChI is InChI=1S/C27H26N2O2/c1-19-9-8-12-22(17-19)29-16-15-28(18-20(29)2)27(21-10-4-3-5-11-21)25(30)23-13-6-7-14-24(23)26(27)31/h3-14,17,20H,15-16,18H2,1-2H3/t20-/m1/s1. The zero-order valence-corrected chi connectivity index (χ0v) is 17.9. The molecule has 0 amide bonds. The Morgan fingerprint density at radius 3 is 2.06 bits per heavy atom. The number of nitrogens with zero attached hydrogens (tertiary/aromatic N) is 2. The van der Waals surface area contributed by atoms with Gasteiger partial charge in [0.2, 0.25) is 0 Å². The minimum Gasteiger partial charge on any atom is -0.366 e. The van der Waals surface area contributed by atoms with Gasteiger partial charge >= 0.3 is 0 Å².